The van der Waals surface area contributed by atoms with Crippen LogP contribution >= 0.6 is 0 Å². The zero-order valence-electron chi connectivity index (χ0n) is 6.51. The van der Waals surface area contributed by atoms with Crippen LogP contribution < -0.4 is 0 Å². The highest BCUT2D eigenvalue weighted by Gasteiger charge is 2.01. The first-order valence-corrected chi connectivity index (χ1v) is 4.65. The van der Waals surface area contributed by atoms with Crippen LogP contribution in [0.15, 0.2) is 35.6 Å². The van der Waals surface area contributed by atoms with Crippen LogP contribution in [0.2, 0.25) is 0 Å². The normalized spacial score (nSPS) is 13.0. The van der Waals surface area contributed by atoms with Gasteiger partial charge in [-0.05, 0) is 29.3 Å². The molecule has 5 heteroatoms. The predicted molar refractivity (Wildman–Crippen MR) is 46.7 cm³/mol. The van der Waals surface area contributed by atoms with Crippen LogP contribution in [0.4, 0.5) is 0 Å². The number of nitrogens with zero attached hydrogens (tertiary/aromatic N) is 2. The molecule has 0 aromatic carbocycles. The van der Waals surface area contributed by atoms with Gasteiger partial charge in [-0.3, -0.25) is 9.19 Å². The Morgan fingerprint density at radius 3 is 2.85 bits per heavy atom. The SMILES string of the molecule is O=S([O-])c1nccc2ncccc12. The highest BCUT2D eigenvalue weighted by atomic mass is 32.2. The van der Waals surface area contributed by atoms with Crippen molar-refractivity contribution in [2.45, 2.75) is 5.03 Å². The third-order valence-electron chi connectivity index (χ3n) is 1.65. The summed E-state index contributed by atoms with van der Waals surface area (Å²) in [4.78, 5) is 7.76. The molecule has 2 heterocycles. The molecule has 0 N–H and O–H groups in total. The van der Waals surface area contributed by atoms with E-state index < -0.39 is 11.1 Å². The van der Waals surface area contributed by atoms with Crippen molar-refractivity contribution in [2.24, 2.45) is 0 Å². The minimum Gasteiger partial charge on any atom is -0.767 e. The van der Waals surface area contributed by atoms with Gasteiger partial charge in [-0.25, -0.2) is 4.98 Å². The van der Waals surface area contributed by atoms with E-state index in [0.717, 1.165) is 0 Å². The van der Waals surface area contributed by atoms with E-state index in [4.69, 9.17) is 0 Å². The molecule has 0 saturated heterocycles. The van der Waals surface area contributed by atoms with Crippen LogP contribution in [0, 0.1) is 0 Å². The molecule has 0 bridgehead atoms. The van der Waals surface area contributed by atoms with Crippen molar-refractivity contribution in [3.63, 3.8) is 0 Å². The smallest absolute Gasteiger partial charge is 0.122 e. The molecule has 2 aromatic heterocycles. The van der Waals surface area contributed by atoms with Gasteiger partial charge in [0, 0.05) is 17.8 Å². The van der Waals surface area contributed by atoms with Gasteiger partial charge in [0.25, 0.3) is 0 Å². The van der Waals surface area contributed by atoms with Crippen LogP contribution in [0.3, 0.4) is 0 Å². The number of hydrogen-bond donors (Lipinski definition) is 0. The zero-order chi connectivity index (χ0) is 9.26. The van der Waals surface area contributed by atoms with Gasteiger partial charge in [-0.15, -0.1) is 0 Å². The number of aromatic nitrogens is 2. The fourth-order valence-corrected chi connectivity index (χ4v) is 1.61. The van der Waals surface area contributed by atoms with Gasteiger partial charge in [0.2, 0.25) is 0 Å². The van der Waals surface area contributed by atoms with E-state index in [2.05, 4.69) is 9.97 Å². The van der Waals surface area contributed by atoms with E-state index in [9.17, 15) is 8.76 Å². The van der Waals surface area contributed by atoms with E-state index >= 15 is 0 Å². The first kappa shape index (κ1) is 8.28. The molecule has 2 rings (SSSR count). The van der Waals surface area contributed by atoms with Crippen molar-refractivity contribution in [1.82, 2.24) is 9.97 Å². The molecular weight excluding hydrogens is 188 g/mol. The lowest BCUT2D eigenvalue weighted by Gasteiger charge is -2.06. The fourth-order valence-electron chi connectivity index (χ4n) is 1.11. The molecule has 0 radical (unpaired) electrons. The highest BCUT2D eigenvalue weighted by molar-refractivity contribution is 7.79. The second-order valence-corrected chi connectivity index (χ2v) is 3.28. The summed E-state index contributed by atoms with van der Waals surface area (Å²) in [6, 6.07) is 5.03. The van der Waals surface area contributed by atoms with Crippen LogP contribution in [0.25, 0.3) is 10.9 Å². The lowest BCUT2D eigenvalue weighted by molar-refractivity contribution is 0.534. The Morgan fingerprint density at radius 2 is 2.08 bits per heavy atom. The van der Waals surface area contributed by atoms with Gasteiger partial charge in [0.05, 0.1) is 5.52 Å². The standard InChI is InChI=1S/C8H6N2O2S/c11-13(12)8-6-2-1-4-9-7(6)3-5-10-8/h1-5H,(H,11,12)/p-1. The summed E-state index contributed by atoms with van der Waals surface area (Å²) in [5.41, 5.74) is 0.636. The van der Waals surface area contributed by atoms with Crippen LogP contribution in [0.1, 0.15) is 0 Å². The summed E-state index contributed by atoms with van der Waals surface area (Å²) in [5.74, 6) is 0. The maximum absolute atomic E-state index is 10.7. The number of hydrogen-bond acceptors (Lipinski definition) is 4. The Hall–Kier alpha value is -1.33. The average molecular weight is 193 g/mol. The quantitative estimate of drug-likeness (QED) is 0.630. The van der Waals surface area contributed by atoms with Gasteiger partial charge in [-0.1, -0.05) is 0 Å². The minimum atomic E-state index is -2.30. The molecule has 4 nitrogen and oxygen atoms in total. The van der Waals surface area contributed by atoms with E-state index in [1.165, 1.54) is 6.20 Å². The summed E-state index contributed by atoms with van der Waals surface area (Å²) >= 11 is -2.30. The Labute approximate surface area is 76.9 Å². The minimum absolute atomic E-state index is 0.0469. The number of rotatable bonds is 1. The maximum Gasteiger partial charge on any atom is 0.122 e. The molecule has 66 valence electrons. The zero-order valence-corrected chi connectivity index (χ0v) is 7.32. The summed E-state index contributed by atoms with van der Waals surface area (Å²) < 4.78 is 21.4. The molecule has 2 aromatic rings. The van der Waals surface area contributed by atoms with Crippen LogP contribution in [-0.2, 0) is 11.1 Å². The van der Waals surface area contributed by atoms with E-state index in [1.807, 2.05) is 0 Å². The van der Waals surface area contributed by atoms with Crippen molar-refractivity contribution in [2.75, 3.05) is 0 Å². The summed E-state index contributed by atoms with van der Waals surface area (Å²) in [6.07, 6.45) is 3.04. The van der Waals surface area contributed by atoms with Crippen molar-refractivity contribution >= 4 is 22.0 Å². The maximum atomic E-state index is 10.7. The average Bonchev–Trinajstić information content (AvgIpc) is 2.17. The molecule has 0 saturated carbocycles. The Bertz CT molecular complexity index is 467. The number of pyridine rings is 2. The second kappa shape index (κ2) is 3.20. The van der Waals surface area contributed by atoms with Gasteiger partial charge >= 0.3 is 0 Å². The lowest BCUT2D eigenvalue weighted by atomic mass is 10.3. The molecule has 1 unspecified atom stereocenters. The van der Waals surface area contributed by atoms with Gasteiger partial charge in [-0.2, -0.15) is 0 Å². The van der Waals surface area contributed by atoms with Crippen molar-refractivity contribution < 1.29 is 8.76 Å². The summed E-state index contributed by atoms with van der Waals surface area (Å²) in [5, 5.41) is 0.601. The molecular formula is C8H5N2O2S-. The van der Waals surface area contributed by atoms with Crippen molar-refractivity contribution in [1.29, 1.82) is 0 Å². The molecule has 1 atom stereocenters. The monoisotopic (exact) mass is 193 g/mol. The second-order valence-electron chi connectivity index (χ2n) is 2.42. The fraction of sp³-hybridized carbons (Fsp3) is 0. The molecule has 0 fully saturated rings. The van der Waals surface area contributed by atoms with Gasteiger partial charge in [0.1, 0.15) is 5.03 Å². The molecule has 0 aliphatic rings. The van der Waals surface area contributed by atoms with E-state index in [1.54, 1.807) is 24.4 Å². The van der Waals surface area contributed by atoms with Crippen LogP contribution in [0.5, 0.6) is 0 Å². The molecule has 0 amide bonds. The van der Waals surface area contributed by atoms with Gasteiger partial charge in [0.15, 0.2) is 0 Å². The van der Waals surface area contributed by atoms with E-state index in [0.29, 0.717) is 10.9 Å². The van der Waals surface area contributed by atoms with Gasteiger partial charge < -0.3 is 4.55 Å². The Morgan fingerprint density at radius 1 is 1.23 bits per heavy atom. The number of fused-ring (bicyclic) bond motifs is 1. The molecule has 13 heavy (non-hydrogen) atoms. The summed E-state index contributed by atoms with van der Waals surface area (Å²) in [6.45, 7) is 0. The first-order valence-electron chi connectivity index (χ1n) is 3.58. The van der Waals surface area contributed by atoms with Crippen molar-refractivity contribution in [3.05, 3.63) is 30.6 Å². The summed E-state index contributed by atoms with van der Waals surface area (Å²) in [7, 11) is 0. The van der Waals surface area contributed by atoms with E-state index in [-0.39, 0.29) is 5.03 Å². The molecule has 0 aliphatic carbocycles. The third-order valence-corrected chi connectivity index (χ3v) is 2.29. The Balaban J connectivity index is 2.83. The predicted octanol–water partition coefficient (Wildman–Crippen LogP) is 0.868. The third kappa shape index (κ3) is 1.43. The van der Waals surface area contributed by atoms with Crippen molar-refractivity contribution in [3.8, 4) is 0 Å². The first-order chi connectivity index (χ1) is 6.29. The topological polar surface area (TPSA) is 65.9 Å². The highest BCUT2D eigenvalue weighted by Crippen LogP contribution is 2.15. The Kier molecular flexibility index (Phi) is 2.03. The molecule has 0 aliphatic heterocycles. The van der Waals surface area contributed by atoms with Crippen LogP contribution in [-0.4, -0.2) is 18.7 Å². The lowest BCUT2D eigenvalue weighted by Crippen LogP contribution is -1.94. The molecule has 0 spiro atoms. The largest absolute Gasteiger partial charge is 0.767 e.